The van der Waals surface area contributed by atoms with Gasteiger partial charge in [0.2, 0.25) is 0 Å². The molecule has 2 aromatic rings. The minimum Gasteiger partial charge on any atom is -0.494 e. The number of thiazole rings is 1. The Labute approximate surface area is 105 Å². The summed E-state index contributed by atoms with van der Waals surface area (Å²) in [5.41, 5.74) is 1.02. The van der Waals surface area contributed by atoms with Gasteiger partial charge in [-0.05, 0) is 26.0 Å². The number of aliphatic hydroxyl groups excluding tert-OH is 1. The third-order valence-electron chi connectivity index (χ3n) is 2.33. The average molecular weight is 249 g/mol. The summed E-state index contributed by atoms with van der Waals surface area (Å²) < 4.78 is 5.45. The van der Waals surface area contributed by atoms with Crippen LogP contribution in [0.5, 0.6) is 5.75 Å². The zero-order valence-electron chi connectivity index (χ0n) is 9.88. The Kier molecular flexibility index (Phi) is 3.76. The van der Waals surface area contributed by atoms with E-state index in [9.17, 15) is 5.11 Å². The highest BCUT2D eigenvalue weighted by atomic mass is 32.1. The average Bonchev–Trinajstić information content (AvgIpc) is 2.79. The van der Waals surface area contributed by atoms with E-state index in [1.165, 1.54) is 11.3 Å². The lowest BCUT2D eigenvalue weighted by atomic mass is 10.2. The van der Waals surface area contributed by atoms with Gasteiger partial charge in [-0.1, -0.05) is 12.1 Å². The number of hydrogen-bond donors (Lipinski definition) is 1. The Hall–Kier alpha value is -1.39. The molecule has 0 amide bonds. The standard InChI is InChI=1S/C13H15NO2S/c1-3-16-11-6-4-5-10(7-11)13-14-8-12(17-13)9(2)15/h4-9,15H,3H2,1-2H3. The molecule has 90 valence electrons. The molecule has 1 N–H and O–H groups in total. The molecule has 0 saturated carbocycles. The maximum Gasteiger partial charge on any atom is 0.123 e. The Morgan fingerprint density at radius 3 is 2.94 bits per heavy atom. The molecule has 1 aromatic heterocycles. The number of benzene rings is 1. The van der Waals surface area contributed by atoms with E-state index in [-0.39, 0.29) is 0 Å². The molecule has 4 heteroatoms. The van der Waals surface area contributed by atoms with Gasteiger partial charge >= 0.3 is 0 Å². The zero-order chi connectivity index (χ0) is 12.3. The molecule has 2 rings (SSSR count). The lowest BCUT2D eigenvalue weighted by Crippen LogP contribution is -1.90. The Morgan fingerprint density at radius 2 is 2.29 bits per heavy atom. The highest BCUT2D eigenvalue weighted by Gasteiger charge is 2.08. The van der Waals surface area contributed by atoms with Crippen LogP contribution in [-0.4, -0.2) is 16.7 Å². The zero-order valence-corrected chi connectivity index (χ0v) is 10.7. The first-order chi connectivity index (χ1) is 8.20. The van der Waals surface area contributed by atoms with Crippen molar-refractivity contribution in [2.24, 2.45) is 0 Å². The summed E-state index contributed by atoms with van der Waals surface area (Å²) in [5.74, 6) is 0.846. The van der Waals surface area contributed by atoms with Crippen molar-refractivity contribution >= 4 is 11.3 Å². The van der Waals surface area contributed by atoms with Crippen LogP contribution in [0, 0.1) is 0 Å². The molecular formula is C13H15NO2S. The highest BCUT2D eigenvalue weighted by molar-refractivity contribution is 7.15. The van der Waals surface area contributed by atoms with E-state index in [0.717, 1.165) is 21.2 Å². The predicted molar refractivity (Wildman–Crippen MR) is 69.4 cm³/mol. The summed E-state index contributed by atoms with van der Waals surface area (Å²) in [5, 5.41) is 10.4. The third-order valence-corrected chi connectivity index (χ3v) is 3.54. The van der Waals surface area contributed by atoms with Crippen LogP contribution in [0.2, 0.25) is 0 Å². The summed E-state index contributed by atoms with van der Waals surface area (Å²) in [6.45, 7) is 4.36. The number of ether oxygens (including phenoxy) is 1. The lowest BCUT2D eigenvalue weighted by molar-refractivity contribution is 0.203. The van der Waals surface area contributed by atoms with E-state index in [1.54, 1.807) is 13.1 Å². The van der Waals surface area contributed by atoms with Gasteiger partial charge in [-0.15, -0.1) is 11.3 Å². The molecule has 0 spiro atoms. The van der Waals surface area contributed by atoms with E-state index in [1.807, 2.05) is 31.2 Å². The van der Waals surface area contributed by atoms with Crippen LogP contribution >= 0.6 is 11.3 Å². The normalized spacial score (nSPS) is 12.4. The van der Waals surface area contributed by atoms with Gasteiger partial charge in [0.25, 0.3) is 0 Å². The fraction of sp³-hybridized carbons (Fsp3) is 0.308. The second-order valence-electron chi connectivity index (χ2n) is 3.70. The van der Waals surface area contributed by atoms with Gasteiger partial charge in [0.15, 0.2) is 0 Å². The number of aromatic nitrogens is 1. The minimum atomic E-state index is -0.462. The van der Waals surface area contributed by atoms with Gasteiger partial charge in [-0.2, -0.15) is 0 Å². The van der Waals surface area contributed by atoms with Crippen molar-refractivity contribution in [3.05, 3.63) is 35.3 Å². The van der Waals surface area contributed by atoms with E-state index in [0.29, 0.717) is 6.61 Å². The SMILES string of the molecule is CCOc1cccc(-c2ncc(C(C)O)s2)c1. The maximum atomic E-state index is 9.47. The van der Waals surface area contributed by atoms with Crippen LogP contribution in [0.4, 0.5) is 0 Å². The molecular weight excluding hydrogens is 234 g/mol. The Bertz CT molecular complexity index is 494. The summed E-state index contributed by atoms with van der Waals surface area (Å²) in [7, 11) is 0. The van der Waals surface area contributed by atoms with Gasteiger partial charge in [-0.25, -0.2) is 4.98 Å². The Morgan fingerprint density at radius 1 is 1.47 bits per heavy atom. The molecule has 0 radical (unpaired) electrons. The van der Waals surface area contributed by atoms with Crippen LogP contribution in [-0.2, 0) is 0 Å². The van der Waals surface area contributed by atoms with Crippen LogP contribution < -0.4 is 4.74 Å². The number of rotatable bonds is 4. The van der Waals surface area contributed by atoms with Crippen LogP contribution in [0.15, 0.2) is 30.5 Å². The molecule has 0 fully saturated rings. The maximum absolute atomic E-state index is 9.47. The van der Waals surface area contributed by atoms with E-state index >= 15 is 0 Å². The first kappa shape index (κ1) is 12.1. The molecule has 0 aliphatic carbocycles. The van der Waals surface area contributed by atoms with Crippen molar-refractivity contribution in [2.75, 3.05) is 6.61 Å². The van der Waals surface area contributed by atoms with Crippen molar-refractivity contribution in [3.63, 3.8) is 0 Å². The Balaban J connectivity index is 2.28. The van der Waals surface area contributed by atoms with Gasteiger partial charge in [-0.3, -0.25) is 0 Å². The lowest BCUT2D eigenvalue weighted by Gasteiger charge is -2.03. The highest BCUT2D eigenvalue weighted by Crippen LogP contribution is 2.30. The van der Waals surface area contributed by atoms with Gasteiger partial charge in [0, 0.05) is 11.8 Å². The minimum absolute atomic E-state index is 0.462. The molecule has 0 aliphatic heterocycles. The largest absolute Gasteiger partial charge is 0.494 e. The summed E-state index contributed by atoms with van der Waals surface area (Å²) in [6, 6.07) is 7.83. The van der Waals surface area contributed by atoms with E-state index in [4.69, 9.17) is 4.74 Å². The second kappa shape index (κ2) is 5.29. The van der Waals surface area contributed by atoms with Crippen LogP contribution in [0.1, 0.15) is 24.8 Å². The van der Waals surface area contributed by atoms with Gasteiger partial charge < -0.3 is 9.84 Å². The number of aliphatic hydroxyl groups is 1. The topological polar surface area (TPSA) is 42.4 Å². The van der Waals surface area contributed by atoms with Crippen molar-refractivity contribution in [1.82, 2.24) is 4.98 Å². The monoisotopic (exact) mass is 249 g/mol. The second-order valence-corrected chi connectivity index (χ2v) is 4.77. The molecule has 3 nitrogen and oxygen atoms in total. The first-order valence-corrected chi connectivity index (χ1v) is 6.39. The quantitative estimate of drug-likeness (QED) is 0.904. The van der Waals surface area contributed by atoms with Crippen molar-refractivity contribution in [3.8, 4) is 16.3 Å². The molecule has 1 atom stereocenters. The molecule has 1 unspecified atom stereocenters. The number of hydrogen-bond acceptors (Lipinski definition) is 4. The summed E-state index contributed by atoms with van der Waals surface area (Å²) >= 11 is 1.50. The van der Waals surface area contributed by atoms with Gasteiger partial charge in [0.1, 0.15) is 10.8 Å². The van der Waals surface area contributed by atoms with E-state index < -0.39 is 6.10 Å². The number of nitrogens with zero attached hydrogens (tertiary/aromatic N) is 1. The van der Waals surface area contributed by atoms with Crippen LogP contribution in [0.3, 0.4) is 0 Å². The molecule has 1 heterocycles. The molecule has 0 aliphatic rings. The van der Waals surface area contributed by atoms with Gasteiger partial charge in [0.05, 0.1) is 17.6 Å². The first-order valence-electron chi connectivity index (χ1n) is 5.57. The fourth-order valence-electron chi connectivity index (χ4n) is 1.50. The molecule has 17 heavy (non-hydrogen) atoms. The smallest absolute Gasteiger partial charge is 0.123 e. The molecule has 1 aromatic carbocycles. The molecule has 0 saturated heterocycles. The van der Waals surface area contributed by atoms with Crippen molar-refractivity contribution in [2.45, 2.75) is 20.0 Å². The van der Waals surface area contributed by atoms with Crippen LogP contribution in [0.25, 0.3) is 10.6 Å². The predicted octanol–water partition coefficient (Wildman–Crippen LogP) is 3.26. The summed E-state index contributed by atoms with van der Waals surface area (Å²) in [4.78, 5) is 5.19. The fourth-order valence-corrected chi connectivity index (χ4v) is 2.35. The summed E-state index contributed by atoms with van der Waals surface area (Å²) in [6.07, 6.45) is 1.26. The van der Waals surface area contributed by atoms with Crippen molar-refractivity contribution in [1.29, 1.82) is 0 Å². The van der Waals surface area contributed by atoms with E-state index in [2.05, 4.69) is 4.98 Å². The third kappa shape index (κ3) is 2.84. The van der Waals surface area contributed by atoms with Crippen molar-refractivity contribution < 1.29 is 9.84 Å². The molecule has 0 bridgehead atoms.